The molecule has 1 amide bonds. The van der Waals surface area contributed by atoms with Gasteiger partial charge >= 0.3 is 0 Å². The van der Waals surface area contributed by atoms with Gasteiger partial charge in [0, 0.05) is 18.4 Å². The van der Waals surface area contributed by atoms with E-state index in [1.165, 1.54) is 6.07 Å². The van der Waals surface area contributed by atoms with Gasteiger partial charge in [0.25, 0.3) is 0 Å². The molecule has 1 atom stereocenters. The van der Waals surface area contributed by atoms with E-state index in [-0.39, 0.29) is 24.2 Å². The molecule has 1 aliphatic heterocycles. The number of hydrogen-bond acceptors (Lipinski definition) is 3. The van der Waals surface area contributed by atoms with E-state index >= 15 is 0 Å². The molecule has 4 nitrogen and oxygen atoms in total. The summed E-state index contributed by atoms with van der Waals surface area (Å²) >= 11 is 0. The fourth-order valence-corrected chi connectivity index (χ4v) is 2.76. The number of pyridine rings is 1. The lowest BCUT2D eigenvalue weighted by atomic mass is 10.1. The summed E-state index contributed by atoms with van der Waals surface area (Å²) < 4.78 is 19.5. The summed E-state index contributed by atoms with van der Waals surface area (Å²) in [6.45, 7) is 3.42. The number of ether oxygens (including phenoxy) is 1. The van der Waals surface area contributed by atoms with E-state index < -0.39 is 0 Å². The fourth-order valence-electron chi connectivity index (χ4n) is 2.76. The zero-order valence-corrected chi connectivity index (χ0v) is 13.0. The van der Waals surface area contributed by atoms with Gasteiger partial charge in [-0.05, 0) is 36.2 Å². The third-order valence-electron chi connectivity index (χ3n) is 4.01. The smallest absolute Gasteiger partial charge is 0.227 e. The highest BCUT2D eigenvalue weighted by atomic mass is 19.1. The minimum absolute atomic E-state index is 0.0748. The maximum Gasteiger partial charge on any atom is 0.227 e. The number of nitrogens with zero attached hydrogens (tertiary/aromatic N) is 2. The zero-order valence-electron chi connectivity index (χ0n) is 13.0. The van der Waals surface area contributed by atoms with E-state index in [9.17, 15) is 9.18 Å². The monoisotopic (exact) mass is 314 g/mol. The molecule has 0 bridgehead atoms. The largest absolute Gasteiger partial charge is 0.370 e. The second kappa shape index (κ2) is 6.87. The van der Waals surface area contributed by atoms with Crippen molar-refractivity contribution in [3.63, 3.8) is 0 Å². The number of halogens is 1. The Hall–Kier alpha value is -2.27. The quantitative estimate of drug-likeness (QED) is 0.875. The van der Waals surface area contributed by atoms with Crippen LogP contribution in [0.25, 0.3) is 0 Å². The molecule has 1 saturated heterocycles. The first kappa shape index (κ1) is 15.6. The van der Waals surface area contributed by atoms with Gasteiger partial charge in [0.2, 0.25) is 5.91 Å². The molecule has 1 aromatic carbocycles. The average molecular weight is 314 g/mol. The van der Waals surface area contributed by atoms with Gasteiger partial charge in [-0.1, -0.05) is 18.2 Å². The van der Waals surface area contributed by atoms with E-state index in [0.717, 1.165) is 11.3 Å². The lowest BCUT2D eigenvalue weighted by Gasteiger charge is -2.33. The van der Waals surface area contributed by atoms with E-state index in [1.807, 2.05) is 19.1 Å². The number of aryl methyl sites for hydroxylation is 1. The van der Waals surface area contributed by atoms with Crippen LogP contribution >= 0.6 is 0 Å². The van der Waals surface area contributed by atoms with E-state index in [1.54, 1.807) is 29.3 Å². The Morgan fingerprint density at radius 2 is 2.22 bits per heavy atom. The highest BCUT2D eigenvalue weighted by Gasteiger charge is 2.26. The van der Waals surface area contributed by atoms with Gasteiger partial charge in [-0.25, -0.2) is 4.39 Å². The highest BCUT2D eigenvalue weighted by Crippen LogP contribution is 2.23. The summed E-state index contributed by atoms with van der Waals surface area (Å²) in [6.07, 6.45) is 1.66. The molecule has 5 heteroatoms. The second-order valence-electron chi connectivity index (χ2n) is 5.70. The van der Waals surface area contributed by atoms with E-state index in [0.29, 0.717) is 25.3 Å². The Bertz CT molecular complexity index is 705. The molecule has 0 aliphatic carbocycles. The van der Waals surface area contributed by atoms with Crippen molar-refractivity contribution >= 4 is 5.91 Å². The Labute approximate surface area is 134 Å². The van der Waals surface area contributed by atoms with Crippen molar-refractivity contribution in [3.05, 3.63) is 65.2 Å². The zero-order chi connectivity index (χ0) is 16.2. The summed E-state index contributed by atoms with van der Waals surface area (Å²) in [7, 11) is 0. The molecule has 120 valence electrons. The summed E-state index contributed by atoms with van der Waals surface area (Å²) in [4.78, 5) is 18.4. The molecular weight excluding hydrogens is 295 g/mol. The van der Waals surface area contributed by atoms with Crippen molar-refractivity contribution in [3.8, 4) is 0 Å². The predicted octanol–water partition coefficient (Wildman–Crippen LogP) is 2.67. The Balaban J connectivity index is 1.68. The molecule has 1 aliphatic rings. The van der Waals surface area contributed by atoms with Crippen LogP contribution in [0.5, 0.6) is 0 Å². The number of hydrogen-bond donors (Lipinski definition) is 0. The summed E-state index contributed by atoms with van der Waals surface area (Å²) in [5.74, 6) is -0.412. The molecular formula is C18H19FN2O2. The van der Waals surface area contributed by atoms with Crippen LogP contribution in [0.4, 0.5) is 4.39 Å². The number of amides is 1. The number of benzene rings is 1. The standard InChI is InChI=1S/C18H19FN2O2/c1-13-10-15(6-7-20-13)17-12-21(8-9-23-17)18(22)11-14-4-2-3-5-16(14)19/h2-7,10,17H,8-9,11-12H2,1H3. The van der Waals surface area contributed by atoms with Gasteiger partial charge in [-0.15, -0.1) is 0 Å². The Morgan fingerprint density at radius 1 is 1.39 bits per heavy atom. The lowest BCUT2D eigenvalue weighted by Crippen LogP contribution is -2.43. The number of aromatic nitrogens is 1. The van der Waals surface area contributed by atoms with Crippen molar-refractivity contribution in [2.45, 2.75) is 19.4 Å². The molecule has 0 N–H and O–H groups in total. The van der Waals surface area contributed by atoms with Crippen LogP contribution in [0, 0.1) is 12.7 Å². The van der Waals surface area contributed by atoms with Crippen LogP contribution in [0.15, 0.2) is 42.6 Å². The third kappa shape index (κ3) is 3.74. The van der Waals surface area contributed by atoms with Gasteiger partial charge < -0.3 is 9.64 Å². The van der Waals surface area contributed by atoms with Crippen LogP contribution < -0.4 is 0 Å². The van der Waals surface area contributed by atoms with E-state index in [2.05, 4.69) is 4.98 Å². The van der Waals surface area contributed by atoms with Crippen molar-refractivity contribution in [2.75, 3.05) is 19.7 Å². The first-order valence-electron chi connectivity index (χ1n) is 7.69. The molecule has 1 fully saturated rings. The van der Waals surface area contributed by atoms with Gasteiger partial charge in [-0.3, -0.25) is 9.78 Å². The van der Waals surface area contributed by atoms with Crippen molar-refractivity contribution in [2.24, 2.45) is 0 Å². The maximum absolute atomic E-state index is 13.7. The number of rotatable bonds is 3. The van der Waals surface area contributed by atoms with Crippen LogP contribution in [-0.4, -0.2) is 35.5 Å². The fraction of sp³-hybridized carbons (Fsp3) is 0.333. The summed E-state index contributed by atoms with van der Waals surface area (Å²) in [5.41, 5.74) is 2.36. The predicted molar refractivity (Wildman–Crippen MR) is 84.4 cm³/mol. The molecule has 0 spiro atoms. The molecule has 0 saturated carbocycles. The van der Waals surface area contributed by atoms with E-state index in [4.69, 9.17) is 4.74 Å². The van der Waals surface area contributed by atoms with Crippen LogP contribution in [0.1, 0.15) is 22.9 Å². The van der Waals surface area contributed by atoms with Gasteiger partial charge in [0.1, 0.15) is 11.9 Å². The molecule has 1 unspecified atom stereocenters. The van der Waals surface area contributed by atoms with Crippen LogP contribution in [0.3, 0.4) is 0 Å². The molecule has 1 aromatic heterocycles. The topological polar surface area (TPSA) is 42.4 Å². The van der Waals surface area contributed by atoms with Crippen molar-refractivity contribution < 1.29 is 13.9 Å². The molecule has 2 aromatic rings. The Morgan fingerprint density at radius 3 is 3.00 bits per heavy atom. The highest BCUT2D eigenvalue weighted by molar-refractivity contribution is 5.79. The second-order valence-corrected chi connectivity index (χ2v) is 5.70. The van der Waals surface area contributed by atoms with Crippen LogP contribution in [-0.2, 0) is 16.0 Å². The number of carbonyl (C=O) groups is 1. The molecule has 2 heterocycles. The lowest BCUT2D eigenvalue weighted by molar-refractivity contribution is -0.138. The first-order chi connectivity index (χ1) is 11.1. The first-order valence-corrected chi connectivity index (χ1v) is 7.69. The number of morpholine rings is 1. The SMILES string of the molecule is Cc1cc(C2CN(C(=O)Cc3ccccc3F)CCO2)ccn1. The van der Waals surface area contributed by atoms with Crippen molar-refractivity contribution in [1.29, 1.82) is 0 Å². The van der Waals surface area contributed by atoms with Crippen LogP contribution in [0.2, 0.25) is 0 Å². The van der Waals surface area contributed by atoms with Gasteiger partial charge in [0.15, 0.2) is 0 Å². The summed E-state index contributed by atoms with van der Waals surface area (Å²) in [5, 5.41) is 0. The number of carbonyl (C=O) groups excluding carboxylic acids is 1. The molecule has 0 radical (unpaired) electrons. The van der Waals surface area contributed by atoms with Gasteiger partial charge in [-0.2, -0.15) is 0 Å². The average Bonchev–Trinajstić information content (AvgIpc) is 2.57. The maximum atomic E-state index is 13.7. The molecule has 3 rings (SSSR count). The minimum atomic E-state index is -0.338. The molecule has 23 heavy (non-hydrogen) atoms. The minimum Gasteiger partial charge on any atom is -0.370 e. The third-order valence-corrected chi connectivity index (χ3v) is 4.01. The van der Waals surface area contributed by atoms with Crippen molar-refractivity contribution in [1.82, 2.24) is 9.88 Å². The Kier molecular flexibility index (Phi) is 4.67. The summed E-state index contributed by atoms with van der Waals surface area (Å²) in [6, 6.07) is 10.3. The normalized spacial score (nSPS) is 18.0. The van der Waals surface area contributed by atoms with Gasteiger partial charge in [0.05, 0.1) is 19.6 Å².